The Kier molecular flexibility index (Phi) is 7.49. The molecule has 1 saturated heterocycles. The number of benzene rings is 1. The van der Waals surface area contributed by atoms with Gasteiger partial charge in [-0.05, 0) is 54.1 Å². The van der Waals surface area contributed by atoms with E-state index in [2.05, 4.69) is 15.3 Å². The van der Waals surface area contributed by atoms with Crippen molar-refractivity contribution in [2.75, 3.05) is 6.54 Å². The zero-order valence-electron chi connectivity index (χ0n) is 18.7. The fourth-order valence-corrected chi connectivity index (χ4v) is 5.68. The van der Waals surface area contributed by atoms with Crippen LogP contribution in [0, 0.1) is 5.82 Å². The second kappa shape index (κ2) is 10.3. The van der Waals surface area contributed by atoms with Gasteiger partial charge in [-0.15, -0.1) is 0 Å². The third-order valence-corrected chi connectivity index (χ3v) is 7.68. The summed E-state index contributed by atoms with van der Waals surface area (Å²) < 4.78 is 92.4. The molecule has 2 atom stereocenters. The van der Waals surface area contributed by atoms with E-state index in [-0.39, 0.29) is 34.3 Å². The number of nitrogens with zero attached hydrogens (tertiary/aromatic N) is 3. The lowest BCUT2D eigenvalue weighted by molar-refractivity contribution is -0.141. The Balaban J connectivity index is 1.50. The van der Waals surface area contributed by atoms with Crippen LogP contribution >= 0.6 is 11.6 Å². The molecule has 0 saturated carbocycles. The Bertz CT molecular complexity index is 1400. The maximum atomic E-state index is 14.2. The summed E-state index contributed by atoms with van der Waals surface area (Å²) in [5, 5.41) is 2.53. The molecule has 7 nitrogen and oxygen atoms in total. The van der Waals surface area contributed by atoms with Gasteiger partial charge < -0.3 is 5.32 Å². The zero-order chi connectivity index (χ0) is 27.0. The predicted molar refractivity (Wildman–Crippen MR) is 123 cm³/mol. The molecule has 1 aliphatic rings. The van der Waals surface area contributed by atoms with E-state index in [1.54, 1.807) is 0 Å². The van der Waals surface area contributed by atoms with Gasteiger partial charge in [-0.25, -0.2) is 22.2 Å². The molecule has 1 N–H and O–H groups in total. The average Bonchev–Trinajstić information content (AvgIpc) is 3.25. The summed E-state index contributed by atoms with van der Waals surface area (Å²) in [6.07, 6.45) is -5.57. The van der Waals surface area contributed by atoms with Crippen LogP contribution < -0.4 is 5.32 Å². The highest BCUT2D eigenvalue weighted by Crippen LogP contribution is 2.30. The van der Waals surface area contributed by atoms with Gasteiger partial charge in [-0.3, -0.25) is 9.78 Å². The van der Waals surface area contributed by atoms with E-state index in [0.29, 0.717) is 5.56 Å². The van der Waals surface area contributed by atoms with Crippen LogP contribution in [0.15, 0.2) is 59.6 Å². The minimum Gasteiger partial charge on any atom is -0.351 e. The Hall–Kier alpha value is -3.16. The monoisotopic (exact) mass is 560 g/mol. The molecule has 1 aliphatic heterocycles. The molecule has 1 aromatic carbocycles. The fraction of sp³-hybridized carbons (Fsp3) is 0.261. The number of sulfonamides is 1. The van der Waals surface area contributed by atoms with Gasteiger partial charge in [0.25, 0.3) is 0 Å². The molecule has 0 radical (unpaired) electrons. The van der Waals surface area contributed by atoms with Crippen molar-refractivity contribution in [2.45, 2.75) is 36.3 Å². The van der Waals surface area contributed by atoms with Crippen molar-refractivity contribution >= 4 is 27.5 Å². The Labute approximate surface area is 213 Å². The lowest BCUT2D eigenvalue weighted by Gasteiger charge is -2.23. The summed E-state index contributed by atoms with van der Waals surface area (Å²) >= 11 is 6.04. The second-order valence-electron chi connectivity index (χ2n) is 8.21. The molecule has 4 rings (SSSR count). The maximum absolute atomic E-state index is 14.2. The smallest absolute Gasteiger partial charge is 0.351 e. The molecule has 0 aliphatic carbocycles. The number of aromatic nitrogens is 2. The van der Waals surface area contributed by atoms with E-state index >= 15 is 0 Å². The van der Waals surface area contributed by atoms with E-state index < -0.39 is 52.4 Å². The number of hydrogen-bond acceptors (Lipinski definition) is 5. The van der Waals surface area contributed by atoms with Gasteiger partial charge in [-0.2, -0.15) is 17.5 Å². The molecular weight excluding hydrogens is 543 g/mol. The lowest BCUT2D eigenvalue weighted by atomic mass is 10.1. The highest BCUT2D eigenvalue weighted by atomic mass is 35.5. The van der Waals surface area contributed by atoms with Crippen molar-refractivity contribution in [1.82, 2.24) is 19.6 Å². The topological polar surface area (TPSA) is 92.3 Å². The van der Waals surface area contributed by atoms with Crippen molar-refractivity contribution in [3.8, 4) is 11.3 Å². The third-order valence-electron chi connectivity index (χ3n) is 5.60. The molecule has 0 spiro atoms. The number of rotatable bonds is 6. The highest BCUT2D eigenvalue weighted by molar-refractivity contribution is 7.89. The van der Waals surface area contributed by atoms with Crippen molar-refractivity contribution < 1.29 is 35.2 Å². The number of nitrogens with one attached hydrogen (secondary N) is 1. The number of carbonyl (C=O) groups excluding carboxylic acids is 1. The van der Waals surface area contributed by atoms with Crippen LogP contribution in [-0.4, -0.2) is 47.4 Å². The molecule has 196 valence electrons. The van der Waals surface area contributed by atoms with Crippen LogP contribution in [0.4, 0.5) is 22.0 Å². The number of halogens is 6. The van der Waals surface area contributed by atoms with Crippen LogP contribution in [0.3, 0.4) is 0 Å². The van der Waals surface area contributed by atoms with Gasteiger partial charge in [-0.1, -0.05) is 11.6 Å². The summed E-state index contributed by atoms with van der Waals surface area (Å²) in [5.41, 5.74) is -0.224. The highest BCUT2D eigenvalue weighted by Gasteiger charge is 2.44. The first kappa shape index (κ1) is 26.9. The number of hydrogen-bond donors (Lipinski definition) is 1. The largest absolute Gasteiger partial charge is 0.433 e. The van der Waals surface area contributed by atoms with Gasteiger partial charge in [0.2, 0.25) is 15.9 Å². The van der Waals surface area contributed by atoms with Crippen molar-refractivity contribution in [3.05, 3.63) is 77.0 Å². The van der Waals surface area contributed by atoms with Crippen LogP contribution in [0.5, 0.6) is 0 Å². The molecule has 3 aromatic rings. The first-order valence-corrected chi connectivity index (χ1v) is 12.6. The van der Waals surface area contributed by atoms with E-state index in [0.717, 1.165) is 40.8 Å². The molecule has 3 heterocycles. The van der Waals surface area contributed by atoms with Crippen LogP contribution in [0.1, 0.15) is 17.7 Å². The average molecular weight is 561 g/mol. The Morgan fingerprint density at radius 3 is 2.46 bits per heavy atom. The first-order valence-electron chi connectivity index (χ1n) is 10.7. The summed E-state index contributed by atoms with van der Waals surface area (Å²) in [7, 11) is -4.28. The number of amides is 1. The standard InChI is InChI=1S/C23H18ClF5N4O3S/c24-21-8-13(7-18(32-21)14-1-6-20(30-11-14)23(27,28)29)10-31-22(34)19-9-16(26)12-33(19)37(35,36)17-4-2-15(25)3-5-17/h1-8,11,16,19H,9-10,12H2,(H,31,34)/t16-,19+/m1/s1. The summed E-state index contributed by atoms with van der Waals surface area (Å²) in [4.78, 5) is 20.0. The molecular formula is C23H18ClF5N4O3S. The van der Waals surface area contributed by atoms with Gasteiger partial charge in [0.1, 0.15) is 28.9 Å². The third kappa shape index (κ3) is 6.05. The van der Waals surface area contributed by atoms with Gasteiger partial charge in [0, 0.05) is 31.3 Å². The lowest BCUT2D eigenvalue weighted by Crippen LogP contribution is -2.45. The molecule has 37 heavy (non-hydrogen) atoms. The Morgan fingerprint density at radius 1 is 1.14 bits per heavy atom. The van der Waals surface area contributed by atoms with Gasteiger partial charge in [0.15, 0.2) is 0 Å². The molecule has 14 heteroatoms. The van der Waals surface area contributed by atoms with Gasteiger partial charge >= 0.3 is 6.18 Å². The van der Waals surface area contributed by atoms with E-state index in [1.807, 2.05) is 0 Å². The van der Waals surface area contributed by atoms with E-state index in [4.69, 9.17) is 11.6 Å². The summed E-state index contributed by atoms with van der Waals surface area (Å²) in [5.74, 6) is -1.42. The zero-order valence-corrected chi connectivity index (χ0v) is 20.3. The quantitative estimate of drug-likeness (QED) is 0.357. The molecule has 0 unspecified atom stereocenters. The fourth-order valence-electron chi connectivity index (χ4n) is 3.82. The minimum absolute atomic E-state index is 0.00755. The predicted octanol–water partition coefficient (Wildman–Crippen LogP) is 4.37. The van der Waals surface area contributed by atoms with Crippen molar-refractivity contribution in [2.24, 2.45) is 0 Å². The molecule has 1 fully saturated rings. The molecule has 0 bridgehead atoms. The normalized spacial score (nSPS) is 18.6. The van der Waals surface area contributed by atoms with Gasteiger partial charge in [0.05, 0.1) is 10.6 Å². The summed E-state index contributed by atoms with van der Waals surface area (Å²) in [6.45, 7) is -0.691. The number of pyridine rings is 2. The van der Waals surface area contributed by atoms with Crippen molar-refractivity contribution in [3.63, 3.8) is 0 Å². The second-order valence-corrected chi connectivity index (χ2v) is 10.5. The van der Waals surface area contributed by atoms with Crippen molar-refractivity contribution in [1.29, 1.82) is 0 Å². The van der Waals surface area contributed by atoms with Crippen LogP contribution in [0.2, 0.25) is 5.15 Å². The maximum Gasteiger partial charge on any atom is 0.433 e. The number of alkyl halides is 4. The Morgan fingerprint density at radius 2 is 1.84 bits per heavy atom. The van der Waals surface area contributed by atoms with E-state index in [1.165, 1.54) is 18.2 Å². The molecule has 2 aromatic heterocycles. The minimum atomic E-state index is -4.60. The van der Waals surface area contributed by atoms with Crippen LogP contribution in [-0.2, 0) is 27.5 Å². The van der Waals surface area contributed by atoms with E-state index in [9.17, 15) is 35.2 Å². The summed E-state index contributed by atoms with van der Waals surface area (Å²) in [6, 6.07) is 7.45. The number of carbonyl (C=O) groups is 1. The molecule has 1 amide bonds. The SMILES string of the molecule is O=C(NCc1cc(Cl)nc(-c2ccc(C(F)(F)F)nc2)c1)[C@@H]1C[C@@H](F)CN1S(=O)(=O)c1ccc(F)cc1. The first-order chi connectivity index (χ1) is 17.3. The van der Waals surface area contributed by atoms with Crippen LogP contribution in [0.25, 0.3) is 11.3 Å².